The summed E-state index contributed by atoms with van der Waals surface area (Å²) in [6.45, 7) is 2.04. The van der Waals surface area contributed by atoms with Crippen molar-refractivity contribution in [3.05, 3.63) is 65.3 Å². The molecule has 3 aromatic rings. The largest absolute Gasteiger partial charge is 0.508 e. The Morgan fingerprint density at radius 2 is 2.00 bits per heavy atom. The maximum Gasteiger partial charge on any atom is 0.115 e. The number of rotatable bonds is 3. The summed E-state index contributed by atoms with van der Waals surface area (Å²) in [6.07, 6.45) is 1.75. The monoisotopic (exact) mass is 298 g/mol. The third kappa shape index (κ3) is 2.78. The van der Waals surface area contributed by atoms with Gasteiger partial charge in [0.1, 0.15) is 5.75 Å². The molecule has 21 heavy (non-hydrogen) atoms. The standard InChI is InChI=1S/C17H15ClN2O/c1-11(12-4-2-5-13(21)10-12)20-16-8-7-15(18)14-6-3-9-19-17(14)16/h2-11,20-21H,1H3. The van der Waals surface area contributed by atoms with Crippen molar-refractivity contribution in [2.45, 2.75) is 13.0 Å². The lowest BCUT2D eigenvalue weighted by Gasteiger charge is -2.17. The fourth-order valence-corrected chi connectivity index (χ4v) is 2.58. The highest BCUT2D eigenvalue weighted by molar-refractivity contribution is 6.35. The highest BCUT2D eigenvalue weighted by Gasteiger charge is 2.10. The van der Waals surface area contributed by atoms with Crippen molar-refractivity contribution < 1.29 is 5.11 Å². The Hall–Kier alpha value is -2.26. The van der Waals surface area contributed by atoms with Crippen LogP contribution in [0.1, 0.15) is 18.5 Å². The van der Waals surface area contributed by atoms with Crippen molar-refractivity contribution in [2.24, 2.45) is 0 Å². The van der Waals surface area contributed by atoms with Crippen LogP contribution in [0, 0.1) is 0 Å². The van der Waals surface area contributed by atoms with E-state index in [9.17, 15) is 5.11 Å². The quantitative estimate of drug-likeness (QED) is 0.732. The number of hydrogen-bond donors (Lipinski definition) is 2. The van der Waals surface area contributed by atoms with Crippen LogP contribution in [-0.2, 0) is 0 Å². The average Bonchev–Trinajstić information content (AvgIpc) is 2.50. The number of halogens is 1. The van der Waals surface area contributed by atoms with Crippen LogP contribution in [-0.4, -0.2) is 10.1 Å². The zero-order valence-corrected chi connectivity index (χ0v) is 12.3. The van der Waals surface area contributed by atoms with E-state index in [4.69, 9.17) is 11.6 Å². The van der Waals surface area contributed by atoms with E-state index in [2.05, 4.69) is 10.3 Å². The minimum atomic E-state index is 0.0449. The third-order valence-electron chi connectivity index (χ3n) is 3.46. The molecule has 0 fully saturated rings. The maximum absolute atomic E-state index is 9.58. The van der Waals surface area contributed by atoms with Crippen LogP contribution in [0.2, 0.25) is 5.02 Å². The number of pyridine rings is 1. The zero-order valence-electron chi connectivity index (χ0n) is 11.5. The predicted molar refractivity (Wildman–Crippen MR) is 86.9 cm³/mol. The lowest BCUT2D eigenvalue weighted by molar-refractivity contribution is 0.474. The van der Waals surface area contributed by atoms with Gasteiger partial charge in [-0.1, -0.05) is 23.7 Å². The molecule has 3 rings (SSSR count). The Morgan fingerprint density at radius 1 is 1.14 bits per heavy atom. The van der Waals surface area contributed by atoms with Gasteiger partial charge >= 0.3 is 0 Å². The number of fused-ring (bicyclic) bond motifs is 1. The van der Waals surface area contributed by atoms with Gasteiger partial charge in [-0.15, -0.1) is 0 Å². The molecule has 2 N–H and O–H groups in total. The summed E-state index contributed by atoms with van der Waals surface area (Å²) in [4.78, 5) is 4.41. The Morgan fingerprint density at radius 3 is 2.81 bits per heavy atom. The first-order valence-corrected chi connectivity index (χ1v) is 7.11. The number of nitrogens with zero attached hydrogens (tertiary/aromatic N) is 1. The van der Waals surface area contributed by atoms with Gasteiger partial charge in [0.15, 0.2) is 0 Å². The first kappa shape index (κ1) is 13.7. The summed E-state index contributed by atoms with van der Waals surface area (Å²) in [5.74, 6) is 0.264. The van der Waals surface area contributed by atoms with Crippen LogP contribution in [0.3, 0.4) is 0 Å². The molecule has 0 saturated carbocycles. The second kappa shape index (κ2) is 5.62. The smallest absolute Gasteiger partial charge is 0.115 e. The first-order valence-electron chi connectivity index (χ1n) is 6.74. The Balaban J connectivity index is 1.97. The topological polar surface area (TPSA) is 45.2 Å². The van der Waals surface area contributed by atoms with Crippen LogP contribution in [0.15, 0.2) is 54.7 Å². The fraction of sp³-hybridized carbons (Fsp3) is 0.118. The molecule has 0 spiro atoms. The van der Waals surface area contributed by atoms with E-state index in [0.29, 0.717) is 5.02 Å². The van der Waals surface area contributed by atoms with Gasteiger partial charge in [0.05, 0.1) is 16.2 Å². The normalized spacial score (nSPS) is 12.3. The highest BCUT2D eigenvalue weighted by Crippen LogP contribution is 2.30. The molecule has 1 heterocycles. The summed E-state index contributed by atoms with van der Waals surface area (Å²) >= 11 is 6.20. The number of aromatic nitrogens is 1. The first-order chi connectivity index (χ1) is 10.1. The van der Waals surface area contributed by atoms with Gasteiger partial charge in [0.2, 0.25) is 0 Å². The molecule has 0 radical (unpaired) electrons. The number of phenolic OH excluding ortho intramolecular Hbond substituents is 1. The van der Waals surface area contributed by atoms with Crippen LogP contribution in [0.25, 0.3) is 10.9 Å². The summed E-state index contributed by atoms with van der Waals surface area (Å²) in [7, 11) is 0. The Kier molecular flexibility index (Phi) is 3.67. The van der Waals surface area contributed by atoms with Crippen molar-refractivity contribution in [2.75, 3.05) is 5.32 Å². The molecule has 0 bridgehead atoms. The van der Waals surface area contributed by atoms with Crippen molar-refractivity contribution in [3.63, 3.8) is 0 Å². The molecule has 0 aliphatic heterocycles. The van der Waals surface area contributed by atoms with E-state index in [-0.39, 0.29) is 11.8 Å². The fourth-order valence-electron chi connectivity index (χ4n) is 2.37. The van der Waals surface area contributed by atoms with Crippen molar-refractivity contribution in [1.82, 2.24) is 4.98 Å². The minimum Gasteiger partial charge on any atom is -0.508 e. The van der Waals surface area contributed by atoms with Crippen LogP contribution >= 0.6 is 11.6 Å². The molecular formula is C17H15ClN2O. The lowest BCUT2D eigenvalue weighted by Crippen LogP contribution is -2.07. The van der Waals surface area contributed by atoms with Crippen molar-refractivity contribution in [3.8, 4) is 5.75 Å². The van der Waals surface area contributed by atoms with Gasteiger partial charge in [0, 0.05) is 17.6 Å². The second-order valence-electron chi connectivity index (χ2n) is 4.96. The van der Waals surface area contributed by atoms with Gasteiger partial charge < -0.3 is 10.4 Å². The predicted octanol–water partition coefficient (Wildman–Crippen LogP) is 4.77. The molecule has 0 saturated heterocycles. The van der Waals surface area contributed by atoms with E-state index in [0.717, 1.165) is 22.2 Å². The molecule has 0 amide bonds. The molecule has 2 aromatic carbocycles. The maximum atomic E-state index is 9.58. The molecule has 3 nitrogen and oxygen atoms in total. The van der Waals surface area contributed by atoms with Gasteiger partial charge in [-0.25, -0.2) is 0 Å². The SMILES string of the molecule is CC(Nc1ccc(Cl)c2cccnc12)c1cccc(O)c1. The molecular weight excluding hydrogens is 284 g/mol. The molecule has 0 aliphatic rings. The van der Waals surface area contributed by atoms with Crippen LogP contribution < -0.4 is 5.32 Å². The Bertz CT molecular complexity index is 789. The highest BCUT2D eigenvalue weighted by atomic mass is 35.5. The van der Waals surface area contributed by atoms with Crippen molar-refractivity contribution >= 4 is 28.2 Å². The average molecular weight is 299 g/mol. The summed E-state index contributed by atoms with van der Waals surface area (Å²) in [5, 5.41) is 14.6. The summed E-state index contributed by atoms with van der Waals surface area (Å²) in [6, 6.07) is 14.9. The van der Waals surface area contributed by atoms with Crippen molar-refractivity contribution in [1.29, 1.82) is 0 Å². The summed E-state index contributed by atoms with van der Waals surface area (Å²) < 4.78 is 0. The number of phenols is 1. The van der Waals surface area contributed by atoms with Gasteiger partial charge in [-0.2, -0.15) is 0 Å². The van der Waals surface area contributed by atoms with E-state index < -0.39 is 0 Å². The lowest BCUT2D eigenvalue weighted by atomic mass is 10.1. The van der Waals surface area contributed by atoms with Crippen LogP contribution in [0.4, 0.5) is 5.69 Å². The third-order valence-corrected chi connectivity index (χ3v) is 3.79. The second-order valence-corrected chi connectivity index (χ2v) is 5.36. The number of benzene rings is 2. The molecule has 106 valence electrons. The van der Waals surface area contributed by atoms with E-state index >= 15 is 0 Å². The number of anilines is 1. The van der Waals surface area contributed by atoms with Gasteiger partial charge in [-0.3, -0.25) is 4.98 Å². The minimum absolute atomic E-state index is 0.0449. The Labute approximate surface area is 128 Å². The van der Waals surface area contributed by atoms with E-state index in [1.165, 1.54) is 0 Å². The van der Waals surface area contributed by atoms with Gasteiger partial charge in [-0.05, 0) is 48.9 Å². The van der Waals surface area contributed by atoms with E-state index in [1.807, 2.05) is 43.3 Å². The summed E-state index contributed by atoms with van der Waals surface area (Å²) in [5.41, 5.74) is 2.77. The van der Waals surface area contributed by atoms with Crippen LogP contribution in [0.5, 0.6) is 5.75 Å². The molecule has 1 unspecified atom stereocenters. The molecule has 4 heteroatoms. The van der Waals surface area contributed by atoms with E-state index in [1.54, 1.807) is 18.3 Å². The molecule has 1 aromatic heterocycles. The molecule has 1 atom stereocenters. The van der Waals surface area contributed by atoms with Gasteiger partial charge in [0.25, 0.3) is 0 Å². The number of hydrogen-bond acceptors (Lipinski definition) is 3. The zero-order chi connectivity index (χ0) is 14.8. The molecule has 0 aliphatic carbocycles. The number of nitrogens with one attached hydrogen (secondary N) is 1. The number of aromatic hydroxyl groups is 1.